The van der Waals surface area contributed by atoms with Gasteiger partial charge in [-0.25, -0.2) is 0 Å². The summed E-state index contributed by atoms with van der Waals surface area (Å²) in [5.74, 6) is -0.386. The Kier molecular flexibility index (Phi) is 7.83. The van der Waals surface area contributed by atoms with E-state index in [1.807, 2.05) is 18.2 Å². The maximum Gasteiger partial charge on any atom is 0.251 e. The van der Waals surface area contributed by atoms with Gasteiger partial charge in [-0.2, -0.15) is 0 Å². The van der Waals surface area contributed by atoms with Gasteiger partial charge in [0.25, 0.3) is 5.91 Å². The molecule has 0 radical (unpaired) electrons. The van der Waals surface area contributed by atoms with Gasteiger partial charge in [-0.1, -0.05) is 25.8 Å². The lowest BCUT2D eigenvalue weighted by Crippen LogP contribution is -2.43. The Morgan fingerprint density at radius 1 is 0.971 bits per heavy atom. The SMILES string of the molecule is CCCCC(NC(=O)c1ccc(N2CCCC2=O)cc1)C(=O)Nc1cccc(N2CCCC2)c1. The van der Waals surface area contributed by atoms with Crippen molar-refractivity contribution in [3.05, 3.63) is 54.1 Å². The molecule has 7 heteroatoms. The lowest BCUT2D eigenvalue weighted by Gasteiger charge is -2.21. The first kappa shape index (κ1) is 23.8. The Bertz CT molecular complexity index is 1010. The van der Waals surface area contributed by atoms with Crippen LogP contribution in [0.1, 0.15) is 62.2 Å². The van der Waals surface area contributed by atoms with Crippen molar-refractivity contribution >= 4 is 34.8 Å². The van der Waals surface area contributed by atoms with Gasteiger partial charge >= 0.3 is 0 Å². The molecule has 0 aromatic heterocycles. The van der Waals surface area contributed by atoms with Crippen LogP contribution in [0.5, 0.6) is 0 Å². The van der Waals surface area contributed by atoms with E-state index in [9.17, 15) is 14.4 Å². The van der Waals surface area contributed by atoms with Crippen molar-refractivity contribution < 1.29 is 14.4 Å². The van der Waals surface area contributed by atoms with E-state index in [-0.39, 0.29) is 17.7 Å². The Balaban J connectivity index is 1.41. The average Bonchev–Trinajstić information content (AvgIpc) is 3.54. The minimum absolute atomic E-state index is 0.113. The average molecular weight is 463 g/mol. The molecule has 0 aliphatic carbocycles. The molecule has 1 unspecified atom stereocenters. The Morgan fingerprint density at radius 2 is 1.74 bits per heavy atom. The van der Waals surface area contributed by atoms with Gasteiger partial charge in [-0.15, -0.1) is 0 Å². The van der Waals surface area contributed by atoms with Crippen molar-refractivity contribution in [1.29, 1.82) is 0 Å². The van der Waals surface area contributed by atoms with Crippen molar-refractivity contribution in [3.8, 4) is 0 Å². The number of carbonyl (C=O) groups is 3. The number of amides is 3. The molecule has 180 valence electrons. The van der Waals surface area contributed by atoms with E-state index < -0.39 is 6.04 Å². The molecule has 0 spiro atoms. The Hall–Kier alpha value is -3.35. The van der Waals surface area contributed by atoms with E-state index in [2.05, 4.69) is 28.5 Å². The van der Waals surface area contributed by atoms with Crippen LogP contribution in [0.4, 0.5) is 17.1 Å². The number of unbranched alkanes of at least 4 members (excludes halogenated alkanes) is 1. The minimum Gasteiger partial charge on any atom is -0.371 e. The zero-order valence-corrected chi connectivity index (χ0v) is 19.9. The van der Waals surface area contributed by atoms with Crippen LogP contribution in [0.3, 0.4) is 0 Å². The standard InChI is InChI=1S/C27H34N4O3/c1-2-3-10-24(27(34)28-21-8-6-9-23(19-21)30-16-4-5-17-30)29-26(33)20-12-14-22(15-13-20)31-18-7-11-25(31)32/h6,8-9,12-15,19,24H,2-5,7,10-11,16-18H2,1H3,(H,28,34)(H,29,33). The van der Waals surface area contributed by atoms with Gasteiger partial charge in [0.15, 0.2) is 0 Å². The van der Waals surface area contributed by atoms with E-state index in [0.29, 0.717) is 24.9 Å². The monoisotopic (exact) mass is 462 g/mol. The molecule has 2 heterocycles. The number of anilines is 3. The van der Waals surface area contributed by atoms with E-state index in [1.54, 1.807) is 29.2 Å². The fourth-order valence-electron chi connectivity index (χ4n) is 4.62. The van der Waals surface area contributed by atoms with Gasteiger partial charge < -0.3 is 20.4 Å². The number of nitrogens with one attached hydrogen (secondary N) is 2. The van der Waals surface area contributed by atoms with Crippen LogP contribution in [0, 0.1) is 0 Å². The van der Waals surface area contributed by atoms with Gasteiger partial charge in [0.1, 0.15) is 6.04 Å². The topological polar surface area (TPSA) is 81.8 Å². The van der Waals surface area contributed by atoms with Crippen LogP contribution in [0.15, 0.2) is 48.5 Å². The third kappa shape index (κ3) is 5.76. The first-order valence-electron chi connectivity index (χ1n) is 12.4. The Morgan fingerprint density at radius 3 is 2.41 bits per heavy atom. The highest BCUT2D eigenvalue weighted by molar-refractivity contribution is 6.02. The molecule has 34 heavy (non-hydrogen) atoms. The third-order valence-corrected chi connectivity index (χ3v) is 6.57. The molecule has 2 aliphatic rings. The predicted octanol–water partition coefficient (Wildman–Crippen LogP) is 4.34. The molecular weight excluding hydrogens is 428 g/mol. The molecule has 2 N–H and O–H groups in total. The second kappa shape index (κ2) is 11.2. The molecule has 2 aromatic carbocycles. The van der Waals surface area contributed by atoms with Gasteiger partial charge in [-0.05, 0) is 68.1 Å². The lowest BCUT2D eigenvalue weighted by molar-refractivity contribution is -0.118. The normalized spacial score (nSPS) is 16.6. The summed E-state index contributed by atoms with van der Waals surface area (Å²) in [5.41, 5.74) is 3.13. The van der Waals surface area contributed by atoms with E-state index >= 15 is 0 Å². The van der Waals surface area contributed by atoms with Crippen molar-refractivity contribution in [3.63, 3.8) is 0 Å². The Labute approximate surface area is 201 Å². The van der Waals surface area contributed by atoms with Crippen molar-refractivity contribution in [1.82, 2.24) is 5.32 Å². The molecule has 2 fully saturated rings. The molecule has 7 nitrogen and oxygen atoms in total. The van der Waals surface area contributed by atoms with Crippen LogP contribution < -0.4 is 20.4 Å². The summed E-state index contributed by atoms with van der Waals surface area (Å²) in [7, 11) is 0. The van der Waals surface area contributed by atoms with Gasteiger partial charge in [0, 0.05) is 48.7 Å². The maximum absolute atomic E-state index is 13.1. The molecule has 0 bridgehead atoms. The largest absolute Gasteiger partial charge is 0.371 e. The van der Waals surface area contributed by atoms with Crippen molar-refractivity contribution in [2.45, 2.75) is 57.9 Å². The summed E-state index contributed by atoms with van der Waals surface area (Å²) in [6, 6.07) is 14.3. The fraction of sp³-hybridized carbons (Fsp3) is 0.444. The number of hydrogen-bond donors (Lipinski definition) is 2. The van der Waals surface area contributed by atoms with E-state index in [1.165, 1.54) is 12.8 Å². The number of carbonyl (C=O) groups excluding carboxylic acids is 3. The highest BCUT2D eigenvalue weighted by Gasteiger charge is 2.24. The van der Waals surface area contributed by atoms with Gasteiger partial charge in [0.2, 0.25) is 11.8 Å². The summed E-state index contributed by atoms with van der Waals surface area (Å²) in [6.45, 7) is 4.85. The quantitative estimate of drug-likeness (QED) is 0.581. The summed E-state index contributed by atoms with van der Waals surface area (Å²) in [5, 5.41) is 5.91. The molecule has 4 rings (SSSR count). The molecule has 2 aromatic rings. The second-order valence-electron chi connectivity index (χ2n) is 9.10. The zero-order valence-electron chi connectivity index (χ0n) is 19.9. The van der Waals surface area contributed by atoms with Crippen LogP contribution in [0.25, 0.3) is 0 Å². The molecule has 2 saturated heterocycles. The lowest BCUT2D eigenvalue weighted by atomic mass is 10.1. The van der Waals surface area contributed by atoms with Crippen molar-refractivity contribution in [2.24, 2.45) is 0 Å². The number of benzene rings is 2. The van der Waals surface area contributed by atoms with Crippen LogP contribution in [-0.4, -0.2) is 43.4 Å². The van der Waals surface area contributed by atoms with Crippen LogP contribution >= 0.6 is 0 Å². The van der Waals surface area contributed by atoms with E-state index in [0.717, 1.165) is 49.4 Å². The van der Waals surface area contributed by atoms with Crippen LogP contribution in [-0.2, 0) is 9.59 Å². The molecular formula is C27H34N4O3. The molecule has 1 atom stereocenters. The zero-order chi connectivity index (χ0) is 23.9. The predicted molar refractivity (Wildman–Crippen MR) is 135 cm³/mol. The maximum atomic E-state index is 13.1. The summed E-state index contributed by atoms with van der Waals surface area (Å²) in [6.07, 6.45) is 6.15. The number of nitrogens with zero attached hydrogens (tertiary/aromatic N) is 2. The number of hydrogen-bond acceptors (Lipinski definition) is 4. The van der Waals surface area contributed by atoms with Crippen LogP contribution in [0.2, 0.25) is 0 Å². The molecule has 2 aliphatic heterocycles. The minimum atomic E-state index is -0.622. The number of rotatable bonds is 9. The first-order valence-corrected chi connectivity index (χ1v) is 12.4. The summed E-state index contributed by atoms with van der Waals surface area (Å²) < 4.78 is 0. The molecule has 0 saturated carbocycles. The van der Waals surface area contributed by atoms with E-state index in [4.69, 9.17) is 0 Å². The third-order valence-electron chi connectivity index (χ3n) is 6.57. The summed E-state index contributed by atoms with van der Waals surface area (Å²) >= 11 is 0. The highest BCUT2D eigenvalue weighted by atomic mass is 16.2. The van der Waals surface area contributed by atoms with Gasteiger partial charge in [-0.3, -0.25) is 14.4 Å². The second-order valence-corrected chi connectivity index (χ2v) is 9.10. The van der Waals surface area contributed by atoms with Gasteiger partial charge in [0.05, 0.1) is 0 Å². The fourth-order valence-corrected chi connectivity index (χ4v) is 4.62. The first-order chi connectivity index (χ1) is 16.5. The smallest absolute Gasteiger partial charge is 0.251 e. The summed E-state index contributed by atoms with van der Waals surface area (Å²) in [4.78, 5) is 42.1. The highest BCUT2D eigenvalue weighted by Crippen LogP contribution is 2.24. The van der Waals surface area contributed by atoms with Crippen molar-refractivity contribution in [2.75, 3.05) is 34.8 Å². The molecule has 3 amide bonds.